The highest BCUT2D eigenvalue weighted by Crippen LogP contribution is 2.42. The third-order valence-electron chi connectivity index (χ3n) is 5.71. The molecule has 3 heterocycles. The number of nitrogens with zero attached hydrogens (tertiary/aromatic N) is 5. The third-order valence-corrected chi connectivity index (χ3v) is 6.00. The van der Waals surface area contributed by atoms with Crippen molar-refractivity contribution in [2.45, 2.75) is 46.6 Å². The number of rotatable bonds is 6. The minimum Gasteiger partial charge on any atom is -0.352 e. The summed E-state index contributed by atoms with van der Waals surface area (Å²) in [5.74, 6) is 2.25. The number of halogens is 1. The molecule has 5 nitrogen and oxygen atoms in total. The predicted octanol–water partition coefficient (Wildman–Crippen LogP) is 5.59. The van der Waals surface area contributed by atoms with Crippen LogP contribution in [-0.4, -0.2) is 27.9 Å². The predicted molar refractivity (Wildman–Crippen MR) is 125 cm³/mol. The van der Waals surface area contributed by atoms with Crippen LogP contribution in [0.15, 0.2) is 36.7 Å². The van der Waals surface area contributed by atoms with E-state index < -0.39 is 0 Å². The second-order valence-electron chi connectivity index (χ2n) is 8.20. The molecule has 4 rings (SSSR count). The van der Waals surface area contributed by atoms with Gasteiger partial charge in [0.25, 0.3) is 0 Å². The zero-order valence-corrected chi connectivity index (χ0v) is 19.1. The molecule has 1 aromatic carbocycles. The number of aromatic nitrogens is 3. The number of fused-ring (bicyclic) bond motifs is 1. The van der Waals surface area contributed by atoms with Crippen LogP contribution in [0.5, 0.6) is 0 Å². The van der Waals surface area contributed by atoms with Crippen molar-refractivity contribution in [2.24, 2.45) is 7.05 Å². The molecule has 0 saturated heterocycles. The highest BCUT2D eigenvalue weighted by Gasteiger charge is 2.30. The SMILES string of the molecule is CCCN(Cc1cccnc1)c1c2c(nn1C)N(c1c(C)cc(C)cc1Cl)CCC2. The first-order valence-electron chi connectivity index (χ1n) is 10.7. The van der Waals surface area contributed by atoms with Crippen LogP contribution >= 0.6 is 11.6 Å². The van der Waals surface area contributed by atoms with Gasteiger partial charge in [0.2, 0.25) is 0 Å². The average Bonchev–Trinajstić information content (AvgIpc) is 3.04. The molecule has 0 aliphatic carbocycles. The van der Waals surface area contributed by atoms with Gasteiger partial charge in [-0.25, -0.2) is 0 Å². The average molecular weight is 424 g/mol. The minimum atomic E-state index is 0.799. The summed E-state index contributed by atoms with van der Waals surface area (Å²) in [4.78, 5) is 9.05. The Morgan fingerprint density at radius 3 is 2.77 bits per heavy atom. The number of hydrogen-bond donors (Lipinski definition) is 0. The highest BCUT2D eigenvalue weighted by atomic mass is 35.5. The highest BCUT2D eigenvalue weighted by molar-refractivity contribution is 6.33. The van der Waals surface area contributed by atoms with Gasteiger partial charge in [-0.05, 0) is 61.9 Å². The van der Waals surface area contributed by atoms with Crippen LogP contribution in [-0.2, 0) is 20.0 Å². The quantitative estimate of drug-likeness (QED) is 0.518. The fourth-order valence-electron chi connectivity index (χ4n) is 4.61. The zero-order valence-electron chi connectivity index (χ0n) is 18.3. The molecule has 1 aliphatic rings. The second kappa shape index (κ2) is 8.68. The maximum Gasteiger partial charge on any atom is 0.160 e. The molecular formula is C24H30ClN5. The lowest BCUT2D eigenvalue weighted by molar-refractivity contribution is 0.686. The molecule has 1 aliphatic heterocycles. The summed E-state index contributed by atoms with van der Waals surface area (Å²) < 4.78 is 2.05. The van der Waals surface area contributed by atoms with Gasteiger partial charge in [-0.2, -0.15) is 5.10 Å². The Bertz CT molecular complexity index is 1000. The van der Waals surface area contributed by atoms with Crippen molar-refractivity contribution in [2.75, 3.05) is 22.9 Å². The fourth-order valence-corrected chi connectivity index (χ4v) is 5.03. The van der Waals surface area contributed by atoms with Gasteiger partial charge in [0.15, 0.2) is 5.82 Å². The van der Waals surface area contributed by atoms with E-state index in [1.165, 1.54) is 28.1 Å². The van der Waals surface area contributed by atoms with Gasteiger partial charge in [0, 0.05) is 44.6 Å². The maximum atomic E-state index is 6.71. The van der Waals surface area contributed by atoms with Gasteiger partial charge >= 0.3 is 0 Å². The molecule has 0 fully saturated rings. The molecule has 0 saturated carbocycles. The van der Waals surface area contributed by atoms with E-state index in [1.54, 1.807) is 0 Å². The third kappa shape index (κ3) is 3.91. The molecule has 0 radical (unpaired) electrons. The first-order valence-corrected chi connectivity index (χ1v) is 11.1. The summed E-state index contributed by atoms with van der Waals surface area (Å²) in [6.07, 6.45) is 6.97. The standard InChI is InChI=1S/C24H30ClN5/c1-5-11-29(16-19-8-6-10-26-15-19)24-20-9-7-12-30(23(20)27-28(24)4)22-18(3)13-17(2)14-21(22)25/h6,8,10,13-15H,5,7,9,11-12,16H2,1-4H3. The number of anilines is 3. The number of pyridine rings is 1. The molecule has 0 atom stereocenters. The van der Waals surface area contributed by atoms with E-state index in [1.807, 2.05) is 29.2 Å². The summed E-state index contributed by atoms with van der Waals surface area (Å²) in [6.45, 7) is 9.19. The summed E-state index contributed by atoms with van der Waals surface area (Å²) in [5, 5.41) is 5.78. The van der Waals surface area contributed by atoms with E-state index in [0.717, 1.165) is 55.4 Å². The van der Waals surface area contributed by atoms with E-state index in [2.05, 4.69) is 54.7 Å². The fraction of sp³-hybridized carbons (Fsp3) is 0.417. The Morgan fingerprint density at radius 2 is 2.07 bits per heavy atom. The number of hydrogen-bond acceptors (Lipinski definition) is 4. The first-order chi connectivity index (χ1) is 14.5. The Labute approximate surface area is 184 Å². The monoisotopic (exact) mass is 423 g/mol. The van der Waals surface area contributed by atoms with E-state index in [9.17, 15) is 0 Å². The van der Waals surface area contributed by atoms with Gasteiger partial charge in [-0.15, -0.1) is 0 Å². The van der Waals surface area contributed by atoms with Crippen molar-refractivity contribution < 1.29 is 0 Å². The summed E-state index contributed by atoms with van der Waals surface area (Å²) in [6, 6.07) is 8.39. The minimum absolute atomic E-state index is 0.799. The lowest BCUT2D eigenvalue weighted by atomic mass is 10.0. The zero-order chi connectivity index (χ0) is 21.3. The molecule has 3 aromatic rings. The second-order valence-corrected chi connectivity index (χ2v) is 8.61. The molecule has 6 heteroatoms. The van der Waals surface area contributed by atoms with Crippen LogP contribution in [0.4, 0.5) is 17.3 Å². The molecule has 0 bridgehead atoms. The van der Waals surface area contributed by atoms with Crippen molar-refractivity contribution in [3.05, 3.63) is 63.9 Å². The Balaban J connectivity index is 1.76. The van der Waals surface area contributed by atoms with Crippen LogP contribution in [0.3, 0.4) is 0 Å². The Morgan fingerprint density at radius 1 is 1.23 bits per heavy atom. The van der Waals surface area contributed by atoms with Crippen LogP contribution in [0.1, 0.15) is 42.0 Å². The smallest absolute Gasteiger partial charge is 0.160 e. The number of benzene rings is 1. The van der Waals surface area contributed by atoms with Gasteiger partial charge < -0.3 is 9.80 Å². The summed E-state index contributed by atoms with van der Waals surface area (Å²) in [7, 11) is 2.06. The van der Waals surface area contributed by atoms with Crippen LogP contribution in [0.25, 0.3) is 0 Å². The summed E-state index contributed by atoms with van der Waals surface area (Å²) in [5.41, 5.74) is 6.00. The lowest BCUT2D eigenvalue weighted by Gasteiger charge is -2.31. The van der Waals surface area contributed by atoms with E-state index in [-0.39, 0.29) is 0 Å². The van der Waals surface area contributed by atoms with Gasteiger partial charge in [0.05, 0.1) is 10.7 Å². The van der Waals surface area contributed by atoms with Crippen molar-refractivity contribution in [1.29, 1.82) is 0 Å². The maximum absolute atomic E-state index is 6.71. The van der Waals surface area contributed by atoms with Crippen LogP contribution in [0, 0.1) is 13.8 Å². The van der Waals surface area contributed by atoms with Crippen molar-refractivity contribution in [3.63, 3.8) is 0 Å². The van der Waals surface area contributed by atoms with Gasteiger partial charge in [-0.1, -0.05) is 30.7 Å². The van der Waals surface area contributed by atoms with E-state index in [0.29, 0.717) is 0 Å². The molecule has 158 valence electrons. The summed E-state index contributed by atoms with van der Waals surface area (Å²) >= 11 is 6.71. The molecule has 0 spiro atoms. The number of aryl methyl sites for hydroxylation is 3. The molecule has 0 unspecified atom stereocenters. The topological polar surface area (TPSA) is 37.2 Å². The van der Waals surface area contributed by atoms with Gasteiger partial charge in [0.1, 0.15) is 5.82 Å². The normalized spacial score (nSPS) is 13.4. The van der Waals surface area contributed by atoms with E-state index in [4.69, 9.17) is 16.7 Å². The molecule has 0 amide bonds. The van der Waals surface area contributed by atoms with Gasteiger partial charge in [-0.3, -0.25) is 9.67 Å². The lowest BCUT2D eigenvalue weighted by Crippen LogP contribution is -2.28. The van der Waals surface area contributed by atoms with Crippen molar-refractivity contribution in [1.82, 2.24) is 14.8 Å². The van der Waals surface area contributed by atoms with Crippen molar-refractivity contribution in [3.8, 4) is 0 Å². The molecule has 30 heavy (non-hydrogen) atoms. The van der Waals surface area contributed by atoms with Crippen LogP contribution < -0.4 is 9.80 Å². The molecule has 0 N–H and O–H groups in total. The first kappa shape index (κ1) is 20.7. The van der Waals surface area contributed by atoms with Crippen molar-refractivity contribution >= 4 is 28.9 Å². The van der Waals surface area contributed by atoms with E-state index >= 15 is 0 Å². The van der Waals surface area contributed by atoms with Crippen LogP contribution in [0.2, 0.25) is 5.02 Å². The Kier molecular flexibility index (Phi) is 6.00. The molecular weight excluding hydrogens is 394 g/mol. The molecule has 2 aromatic heterocycles. The Hall–Kier alpha value is -2.53. The largest absolute Gasteiger partial charge is 0.352 e.